The number of amides is 1. The second kappa shape index (κ2) is 7.88. The van der Waals surface area contributed by atoms with E-state index < -0.39 is 0 Å². The lowest BCUT2D eigenvalue weighted by Gasteiger charge is -2.35. The van der Waals surface area contributed by atoms with E-state index in [-0.39, 0.29) is 11.9 Å². The van der Waals surface area contributed by atoms with Crippen molar-refractivity contribution in [2.75, 3.05) is 19.6 Å². The molecule has 2 aromatic rings. The summed E-state index contributed by atoms with van der Waals surface area (Å²) in [6.07, 6.45) is 7.08. The normalized spacial score (nSPS) is 16.7. The fraction of sp³-hybridized carbons (Fsp3) is 0.368. The van der Waals surface area contributed by atoms with Crippen molar-refractivity contribution in [3.05, 3.63) is 66.0 Å². The molecule has 1 amide bonds. The van der Waals surface area contributed by atoms with Crippen LogP contribution in [0.3, 0.4) is 0 Å². The number of nitrogens with one attached hydrogen (secondary N) is 1. The average molecular weight is 309 g/mol. The first-order valence-electron chi connectivity index (χ1n) is 8.32. The van der Waals surface area contributed by atoms with E-state index >= 15 is 0 Å². The van der Waals surface area contributed by atoms with Crippen LogP contribution >= 0.6 is 0 Å². The molecule has 120 valence electrons. The smallest absolute Gasteiger partial charge is 0.251 e. The number of benzene rings is 1. The molecular weight excluding hydrogens is 286 g/mol. The zero-order chi connectivity index (χ0) is 15.9. The lowest BCUT2D eigenvalue weighted by molar-refractivity contribution is 0.0924. The molecule has 2 heterocycles. The maximum absolute atomic E-state index is 12.3. The Labute approximate surface area is 137 Å². The van der Waals surface area contributed by atoms with E-state index in [4.69, 9.17) is 0 Å². The van der Waals surface area contributed by atoms with Gasteiger partial charge in [-0.15, -0.1) is 0 Å². The summed E-state index contributed by atoms with van der Waals surface area (Å²) in [5.74, 6) is -0.0367. The van der Waals surface area contributed by atoms with Gasteiger partial charge in [0.1, 0.15) is 0 Å². The van der Waals surface area contributed by atoms with Gasteiger partial charge in [-0.2, -0.15) is 0 Å². The molecule has 0 radical (unpaired) electrons. The third-order valence-corrected chi connectivity index (χ3v) is 4.41. The summed E-state index contributed by atoms with van der Waals surface area (Å²) < 4.78 is 0. The molecule has 4 heteroatoms. The summed E-state index contributed by atoms with van der Waals surface area (Å²) in [5, 5.41) is 3.09. The molecule has 0 spiro atoms. The highest BCUT2D eigenvalue weighted by Gasteiger charge is 2.22. The molecule has 3 rings (SSSR count). The summed E-state index contributed by atoms with van der Waals surface area (Å²) in [5.41, 5.74) is 1.93. The molecule has 1 aromatic carbocycles. The number of piperidine rings is 1. The maximum Gasteiger partial charge on any atom is 0.251 e. The minimum absolute atomic E-state index is 0.0367. The van der Waals surface area contributed by atoms with Gasteiger partial charge in [0.15, 0.2) is 0 Å². The van der Waals surface area contributed by atoms with Crippen LogP contribution in [0, 0.1) is 0 Å². The van der Waals surface area contributed by atoms with Gasteiger partial charge in [0, 0.05) is 24.5 Å². The molecule has 0 aliphatic carbocycles. The van der Waals surface area contributed by atoms with E-state index in [0.29, 0.717) is 12.1 Å². The van der Waals surface area contributed by atoms with Crippen LogP contribution in [0.2, 0.25) is 0 Å². The Morgan fingerprint density at radius 2 is 1.74 bits per heavy atom. The van der Waals surface area contributed by atoms with Gasteiger partial charge in [0.2, 0.25) is 0 Å². The van der Waals surface area contributed by atoms with E-state index in [9.17, 15) is 4.79 Å². The topological polar surface area (TPSA) is 45.2 Å². The Morgan fingerprint density at radius 1 is 1.04 bits per heavy atom. The van der Waals surface area contributed by atoms with Crippen LogP contribution in [0.5, 0.6) is 0 Å². The van der Waals surface area contributed by atoms with Gasteiger partial charge in [0.25, 0.3) is 5.91 Å². The van der Waals surface area contributed by atoms with Crippen molar-refractivity contribution >= 4 is 5.91 Å². The molecule has 4 nitrogen and oxygen atoms in total. The Bertz CT molecular complexity index is 609. The Morgan fingerprint density at radius 3 is 2.43 bits per heavy atom. The zero-order valence-electron chi connectivity index (χ0n) is 13.3. The first-order valence-corrected chi connectivity index (χ1v) is 8.32. The van der Waals surface area contributed by atoms with Crippen molar-refractivity contribution in [3.8, 4) is 0 Å². The van der Waals surface area contributed by atoms with E-state index in [0.717, 1.165) is 13.1 Å². The van der Waals surface area contributed by atoms with Crippen molar-refractivity contribution in [2.45, 2.75) is 25.3 Å². The quantitative estimate of drug-likeness (QED) is 0.923. The third-order valence-electron chi connectivity index (χ3n) is 4.41. The molecule has 23 heavy (non-hydrogen) atoms. The molecule has 0 bridgehead atoms. The third kappa shape index (κ3) is 4.17. The lowest BCUT2D eigenvalue weighted by atomic mass is 10.0. The molecule has 1 aliphatic heterocycles. The van der Waals surface area contributed by atoms with E-state index in [1.54, 1.807) is 24.5 Å². The van der Waals surface area contributed by atoms with Crippen molar-refractivity contribution < 1.29 is 4.79 Å². The highest BCUT2D eigenvalue weighted by Crippen LogP contribution is 2.24. The number of hydrogen-bond donors (Lipinski definition) is 1. The van der Waals surface area contributed by atoms with Crippen molar-refractivity contribution in [1.29, 1.82) is 0 Å². The fourth-order valence-corrected chi connectivity index (χ4v) is 3.16. The van der Waals surface area contributed by atoms with E-state index in [1.807, 2.05) is 6.07 Å². The Balaban J connectivity index is 1.70. The Kier molecular flexibility index (Phi) is 5.37. The SMILES string of the molecule is O=C(NCC(c1ccccc1)N1CCCCC1)c1ccncc1. The fourth-order valence-electron chi connectivity index (χ4n) is 3.16. The number of carbonyl (C=O) groups excluding carboxylic acids is 1. The van der Waals surface area contributed by atoms with Gasteiger partial charge in [-0.25, -0.2) is 0 Å². The van der Waals surface area contributed by atoms with Crippen LogP contribution in [-0.4, -0.2) is 35.4 Å². The van der Waals surface area contributed by atoms with Gasteiger partial charge < -0.3 is 5.32 Å². The predicted octanol–water partition coefficient (Wildman–Crippen LogP) is 3.04. The van der Waals surface area contributed by atoms with Gasteiger partial charge in [-0.05, 0) is 43.6 Å². The minimum atomic E-state index is -0.0367. The van der Waals surface area contributed by atoms with Crippen LogP contribution < -0.4 is 5.32 Å². The van der Waals surface area contributed by atoms with Gasteiger partial charge in [-0.3, -0.25) is 14.7 Å². The largest absolute Gasteiger partial charge is 0.350 e. The summed E-state index contributed by atoms with van der Waals surface area (Å²) in [7, 11) is 0. The van der Waals surface area contributed by atoms with Gasteiger partial charge in [-0.1, -0.05) is 36.8 Å². The van der Waals surface area contributed by atoms with E-state index in [1.165, 1.54) is 24.8 Å². The maximum atomic E-state index is 12.3. The Hall–Kier alpha value is -2.20. The predicted molar refractivity (Wildman–Crippen MR) is 91.2 cm³/mol. The average Bonchev–Trinajstić information content (AvgIpc) is 2.64. The summed E-state index contributed by atoms with van der Waals surface area (Å²) in [6.45, 7) is 2.83. The summed E-state index contributed by atoms with van der Waals surface area (Å²) in [4.78, 5) is 18.8. The molecule has 1 aliphatic rings. The van der Waals surface area contributed by atoms with Gasteiger partial charge in [0.05, 0.1) is 6.04 Å². The highest BCUT2D eigenvalue weighted by molar-refractivity contribution is 5.93. The minimum Gasteiger partial charge on any atom is -0.350 e. The summed E-state index contributed by atoms with van der Waals surface area (Å²) in [6, 6.07) is 14.2. The van der Waals surface area contributed by atoms with Crippen molar-refractivity contribution in [2.24, 2.45) is 0 Å². The molecule has 1 unspecified atom stereocenters. The second-order valence-electron chi connectivity index (χ2n) is 5.97. The number of carbonyl (C=O) groups is 1. The highest BCUT2D eigenvalue weighted by atomic mass is 16.1. The molecule has 1 fully saturated rings. The number of rotatable bonds is 5. The van der Waals surface area contributed by atoms with Crippen LogP contribution in [0.25, 0.3) is 0 Å². The molecule has 1 aromatic heterocycles. The molecular formula is C19H23N3O. The number of nitrogens with zero attached hydrogens (tertiary/aromatic N) is 2. The standard InChI is InChI=1S/C19H23N3O/c23-19(17-9-11-20-12-10-17)21-15-18(16-7-3-1-4-8-16)22-13-5-2-6-14-22/h1,3-4,7-12,18H,2,5-6,13-15H2,(H,21,23). The second-order valence-corrected chi connectivity index (χ2v) is 5.97. The number of pyridine rings is 1. The van der Waals surface area contributed by atoms with Crippen LogP contribution in [0.1, 0.15) is 41.2 Å². The monoisotopic (exact) mass is 309 g/mol. The van der Waals surface area contributed by atoms with Crippen LogP contribution in [0.15, 0.2) is 54.9 Å². The number of hydrogen-bond acceptors (Lipinski definition) is 3. The number of aromatic nitrogens is 1. The zero-order valence-corrected chi connectivity index (χ0v) is 13.3. The summed E-state index contributed by atoms with van der Waals surface area (Å²) >= 11 is 0. The number of likely N-dealkylation sites (tertiary alicyclic amines) is 1. The van der Waals surface area contributed by atoms with Gasteiger partial charge >= 0.3 is 0 Å². The van der Waals surface area contributed by atoms with Crippen LogP contribution in [-0.2, 0) is 0 Å². The van der Waals surface area contributed by atoms with Crippen molar-refractivity contribution in [3.63, 3.8) is 0 Å². The molecule has 1 N–H and O–H groups in total. The molecule has 1 atom stereocenters. The molecule has 1 saturated heterocycles. The first kappa shape index (κ1) is 15.7. The van der Waals surface area contributed by atoms with Crippen LogP contribution in [0.4, 0.5) is 0 Å². The van der Waals surface area contributed by atoms with E-state index in [2.05, 4.69) is 39.5 Å². The first-order chi connectivity index (χ1) is 11.3. The lowest BCUT2D eigenvalue weighted by Crippen LogP contribution is -2.40. The van der Waals surface area contributed by atoms with Crippen molar-refractivity contribution in [1.82, 2.24) is 15.2 Å². The molecule has 0 saturated carbocycles.